The topological polar surface area (TPSA) is 79.9 Å². The second-order valence-electron chi connectivity index (χ2n) is 8.66. The Morgan fingerprint density at radius 1 is 1.15 bits per heavy atom. The third kappa shape index (κ3) is 7.24. The number of carbonyl (C=O) groups is 2. The molecular weight excluding hydrogens is 350 g/mol. The standard InChI is InChI=1S/C18H37N3O4Si/c1-14(2)19-16(22)15(8-11-25-26(6,7)18(3,4)5)20-17(23)21-9-12-24-13-10-21/h14-15H,8-13H2,1-7H3,(H,19,22)(H,20,23)/t15-/m0/s1. The molecule has 1 atom stereocenters. The molecule has 1 aliphatic rings. The first-order chi connectivity index (χ1) is 11.9. The summed E-state index contributed by atoms with van der Waals surface area (Å²) >= 11 is 0. The minimum atomic E-state index is -1.88. The van der Waals surface area contributed by atoms with Crippen molar-refractivity contribution in [1.82, 2.24) is 15.5 Å². The molecule has 1 heterocycles. The fourth-order valence-corrected chi connectivity index (χ4v) is 3.37. The van der Waals surface area contributed by atoms with Gasteiger partial charge < -0.3 is 24.7 Å². The number of amides is 3. The van der Waals surface area contributed by atoms with Crippen LogP contribution in [-0.2, 0) is 14.0 Å². The maximum atomic E-state index is 12.5. The van der Waals surface area contributed by atoms with Crippen molar-refractivity contribution in [2.75, 3.05) is 32.9 Å². The number of morpholine rings is 1. The molecule has 0 saturated carbocycles. The highest BCUT2D eigenvalue weighted by Gasteiger charge is 2.37. The summed E-state index contributed by atoms with van der Waals surface area (Å²) in [5.41, 5.74) is 0. The van der Waals surface area contributed by atoms with Gasteiger partial charge in [-0.05, 0) is 38.4 Å². The van der Waals surface area contributed by atoms with Gasteiger partial charge in [0.1, 0.15) is 6.04 Å². The molecule has 1 saturated heterocycles. The molecular formula is C18H37N3O4Si. The van der Waals surface area contributed by atoms with Gasteiger partial charge in [0.2, 0.25) is 5.91 Å². The summed E-state index contributed by atoms with van der Waals surface area (Å²) in [5.74, 6) is -0.166. The van der Waals surface area contributed by atoms with E-state index in [1.807, 2.05) is 13.8 Å². The van der Waals surface area contributed by atoms with Crippen LogP contribution in [0, 0.1) is 0 Å². The predicted octanol–water partition coefficient (Wildman–Crippen LogP) is 2.33. The van der Waals surface area contributed by atoms with Crippen molar-refractivity contribution in [2.24, 2.45) is 0 Å². The molecule has 0 bridgehead atoms. The number of hydrogen-bond acceptors (Lipinski definition) is 4. The molecule has 0 radical (unpaired) electrons. The maximum absolute atomic E-state index is 12.5. The molecule has 0 aliphatic carbocycles. The van der Waals surface area contributed by atoms with E-state index in [0.717, 1.165) is 0 Å². The second-order valence-corrected chi connectivity index (χ2v) is 13.5. The molecule has 0 aromatic rings. The number of nitrogens with one attached hydrogen (secondary N) is 2. The smallest absolute Gasteiger partial charge is 0.318 e. The second kappa shape index (κ2) is 9.71. The average Bonchev–Trinajstić information content (AvgIpc) is 2.52. The van der Waals surface area contributed by atoms with E-state index < -0.39 is 14.4 Å². The van der Waals surface area contributed by atoms with Gasteiger partial charge in [-0.2, -0.15) is 0 Å². The van der Waals surface area contributed by atoms with Gasteiger partial charge in [-0.3, -0.25) is 4.79 Å². The maximum Gasteiger partial charge on any atom is 0.318 e. The number of nitrogens with zero attached hydrogens (tertiary/aromatic N) is 1. The first kappa shape index (κ1) is 22.9. The lowest BCUT2D eigenvalue weighted by Crippen LogP contribution is -2.54. The van der Waals surface area contributed by atoms with Crippen molar-refractivity contribution in [2.45, 2.75) is 71.3 Å². The zero-order valence-electron chi connectivity index (χ0n) is 17.5. The highest BCUT2D eigenvalue weighted by Crippen LogP contribution is 2.36. The Morgan fingerprint density at radius 3 is 2.23 bits per heavy atom. The molecule has 0 aromatic carbocycles. The van der Waals surface area contributed by atoms with E-state index in [2.05, 4.69) is 44.5 Å². The lowest BCUT2D eigenvalue weighted by atomic mass is 10.2. The molecule has 0 spiro atoms. The summed E-state index contributed by atoms with van der Waals surface area (Å²) in [7, 11) is -1.88. The van der Waals surface area contributed by atoms with Crippen LogP contribution in [0.3, 0.4) is 0 Å². The van der Waals surface area contributed by atoms with Crippen molar-refractivity contribution in [1.29, 1.82) is 0 Å². The van der Waals surface area contributed by atoms with Crippen LogP contribution in [0.4, 0.5) is 4.79 Å². The summed E-state index contributed by atoms with van der Waals surface area (Å²) in [6.45, 7) is 17.3. The zero-order chi connectivity index (χ0) is 20.0. The van der Waals surface area contributed by atoms with Gasteiger partial charge in [0.15, 0.2) is 8.32 Å². The highest BCUT2D eigenvalue weighted by atomic mass is 28.4. The van der Waals surface area contributed by atoms with Crippen LogP contribution in [0.5, 0.6) is 0 Å². The lowest BCUT2D eigenvalue weighted by molar-refractivity contribution is -0.123. The number of hydrogen-bond donors (Lipinski definition) is 2. The molecule has 1 fully saturated rings. The summed E-state index contributed by atoms with van der Waals surface area (Å²) in [5, 5.41) is 5.87. The van der Waals surface area contributed by atoms with Gasteiger partial charge in [-0.25, -0.2) is 4.79 Å². The van der Waals surface area contributed by atoms with E-state index in [1.54, 1.807) is 4.90 Å². The summed E-state index contributed by atoms with van der Waals surface area (Å²) in [6, 6.07) is -0.798. The zero-order valence-corrected chi connectivity index (χ0v) is 18.5. The van der Waals surface area contributed by atoms with Gasteiger partial charge in [-0.1, -0.05) is 20.8 Å². The molecule has 1 aliphatic heterocycles. The number of ether oxygens (including phenoxy) is 1. The molecule has 8 heteroatoms. The Labute approximate surface area is 159 Å². The Bertz CT molecular complexity index is 472. The number of carbonyl (C=O) groups excluding carboxylic acids is 2. The normalized spacial score (nSPS) is 17.2. The van der Waals surface area contributed by atoms with Crippen molar-refractivity contribution >= 4 is 20.3 Å². The van der Waals surface area contributed by atoms with E-state index in [-0.39, 0.29) is 23.0 Å². The molecule has 0 aromatic heterocycles. The summed E-state index contributed by atoms with van der Waals surface area (Å²) < 4.78 is 11.5. The molecule has 0 unspecified atom stereocenters. The number of rotatable bonds is 7. The molecule has 2 N–H and O–H groups in total. The van der Waals surface area contributed by atoms with Crippen LogP contribution in [0.15, 0.2) is 0 Å². The molecule has 7 nitrogen and oxygen atoms in total. The number of urea groups is 1. The van der Waals surface area contributed by atoms with Crippen molar-refractivity contribution < 1.29 is 18.8 Å². The third-order valence-corrected chi connectivity index (χ3v) is 9.56. The van der Waals surface area contributed by atoms with E-state index in [4.69, 9.17) is 9.16 Å². The minimum Gasteiger partial charge on any atom is -0.417 e. The Balaban J connectivity index is 2.66. The van der Waals surface area contributed by atoms with Gasteiger partial charge in [0.05, 0.1) is 13.2 Å². The van der Waals surface area contributed by atoms with Crippen LogP contribution in [0.1, 0.15) is 41.0 Å². The lowest BCUT2D eigenvalue weighted by Gasteiger charge is -2.36. The van der Waals surface area contributed by atoms with E-state index in [9.17, 15) is 9.59 Å². The molecule has 152 valence electrons. The largest absolute Gasteiger partial charge is 0.417 e. The molecule has 1 rings (SSSR count). The van der Waals surface area contributed by atoms with Crippen LogP contribution in [0.2, 0.25) is 18.1 Å². The summed E-state index contributed by atoms with van der Waals surface area (Å²) in [6.07, 6.45) is 0.459. The first-order valence-electron chi connectivity index (χ1n) is 9.51. The van der Waals surface area contributed by atoms with Gasteiger partial charge in [-0.15, -0.1) is 0 Å². The molecule has 26 heavy (non-hydrogen) atoms. The van der Waals surface area contributed by atoms with E-state index >= 15 is 0 Å². The summed E-state index contributed by atoms with van der Waals surface area (Å²) in [4.78, 5) is 26.7. The Morgan fingerprint density at radius 2 is 1.73 bits per heavy atom. The first-order valence-corrected chi connectivity index (χ1v) is 12.4. The SMILES string of the molecule is CC(C)NC(=O)[C@H](CCO[Si](C)(C)C(C)(C)C)NC(=O)N1CCOCC1. The van der Waals surface area contributed by atoms with Gasteiger partial charge in [0, 0.05) is 25.7 Å². The van der Waals surface area contributed by atoms with Crippen molar-refractivity contribution in [3.8, 4) is 0 Å². The van der Waals surface area contributed by atoms with E-state index in [0.29, 0.717) is 39.3 Å². The monoisotopic (exact) mass is 387 g/mol. The van der Waals surface area contributed by atoms with Crippen molar-refractivity contribution in [3.63, 3.8) is 0 Å². The van der Waals surface area contributed by atoms with Crippen LogP contribution >= 0.6 is 0 Å². The average molecular weight is 388 g/mol. The van der Waals surface area contributed by atoms with Crippen LogP contribution < -0.4 is 10.6 Å². The molecule has 3 amide bonds. The highest BCUT2D eigenvalue weighted by molar-refractivity contribution is 6.74. The van der Waals surface area contributed by atoms with Crippen LogP contribution in [0.25, 0.3) is 0 Å². The Hall–Kier alpha value is -1.12. The quantitative estimate of drug-likeness (QED) is 0.657. The minimum absolute atomic E-state index is 0.0200. The van der Waals surface area contributed by atoms with E-state index in [1.165, 1.54) is 0 Å². The third-order valence-electron chi connectivity index (χ3n) is 5.02. The fourth-order valence-electron chi connectivity index (χ4n) is 2.31. The van der Waals surface area contributed by atoms with Crippen molar-refractivity contribution in [3.05, 3.63) is 0 Å². The van der Waals surface area contributed by atoms with Crippen LogP contribution in [-0.4, -0.2) is 70.1 Å². The predicted molar refractivity (Wildman–Crippen MR) is 106 cm³/mol. The fraction of sp³-hybridized carbons (Fsp3) is 0.889. The van der Waals surface area contributed by atoms with Gasteiger partial charge >= 0.3 is 6.03 Å². The Kier molecular flexibility index (Phi) is 8.56. The van der Waals surface area contributed by atoms with Gasteiger partial charge in [0.25, 0.3) is 0 Å².